The second-order valence-corrected chi connectivity index (χ2v) is 7.06. The normalized spacial score (nSPS) is 10.7. The van der Waals surface area contributed by atoms with Crippen molar-refractivity contribution >= 4 is 10.8 Å². The van der Waals surface area contributed by atoms with E-state index in [1.54, 1.807) is 24.5 Å². The van der Waals surface area contributed by atoms with Gasteiger partial charge in [-0.2, -0.15) is 0 Å². The molecule has 0 aliphatic carbocycles. The quantitative estimate of drug-likeness (QED) is 0.291. The van der Waals surface area contributed by atoms with Gasteiger partial charge in [-0.3, -0.25) is 0 Å². The second-order valence-electron chi connectivity index (χ2n) is 7.06. The number of aromatic nitrogens is 2. The first-order valence-corrected chi connectivity index (χ1v) is 9.65. The summed E-state index contributed by atoms with van der Waals surface area (Å²) in [4.78, 5) is 8.35. The van der Waals surface area contributed by atoms with Crippen molar-refractivity contribution in [2.24, 2.45) is 0 Å². The van der Waals surface area contributed by atoms with Crippen molar-refractivity contribution in [3.05, 3.63) is 94.8 Å². The fourth-order valence-electron chi connectivity index (χ4n) is 3.20. The number of hydrogen-bond donors (Lipinski definition) is 0. The first kappa shape index (κ1) is 20.5. The molecule has 1 aromatic heterocycles. The zero-order valence-electron chi connectivity index (χ0n) is 16.5. The summed E-state index contributed by atoms with van der Waals surface area (Å²) in [7, 11) is 0. The van der Waals surface area contributed by atoms with Gasteiger partial charge in [-0.05, 0) is 59.2 Å². The molecule has 4 rings (SSSR count). The lowest BCUT2D eigenvalue weighted by Gasteiger charge is -2.05. The van der Waals surface area contributed by atoms with Gasteiger partial charge in [-0.25, -0.2) is 27.5 Å². The molecule has 0 fully saturated rings. The van der Waals surface area contributed by atoms with Gasteiger partial charge in [0.25, 0.3) is 0 Å². The van der Waals surface area contributed by atoms with Crippen LogP contribution in [-0.4, -0.2) is 9.97 Å². The first-order valence-electron chi connectivity index (χ1n) is 9.65. The summed E-state index contributed by atoms with van der Waals surface area (Å²) in [5.74, 6) is 1.79. The monoisotopic (exact) mass is 420 g/mol. The van der Waals surface area contributed by atoms with Crippen molar-refractivity contribution in [3.63, 3.8) is 0 Å². The summed E-state index contributed by atoms with van der Waals surface area (Å²) in [5, 5.41) is 0.932. The van der Waals surface area contributed by atoms with Gasteiger partial charge >= 0.3 is 0 Å². The predicted octanol–water partition coefficient (Wildman–Crippen LogP) is 6.21. The van der Waals surface area contributed by atoms with Crippen LogP contribution in [0.5, 0.6) is 0 Å². The van der Waals surface area contributed by atoms with Crippen LogP contribution in [-0.2, 0) is 6.42 Å². The Kier molecular flexibility index (Phi) is 5.68. The maximum absolute atomic E-state index is 14.6. The lowest BCUT2D eigenvalue weighted by Crippen LogP contribution is -1.96. The van der Waals surface area contributed by atoms with Crippen molar-refractivity contribution in [1.29, 1.82) is 0 Å². The smallest absolute Gasteiger partial charge is 0.159 e. The Morgan fingerprint density at radius 3 is 2.03 bits per heavy atom. The third-order valence-electron chi connectivity index (χ3n) is 4.76. The van der Waals surface area contributed by atoms with Crippen molar-refractivity contribution < 1.29 is 17.6 Å². The van der Waals surface area contributed by atoms with Gasteiger partial charge in [0.15, 0.2) is 17.5 Å². The summed E-state index contributed by atoms with van der Waals surface area (Å²) < 4.78 is 55.9. The molecule has 0 amide bonds. The molecule has 6 heteroatoms. The number of fused-ring (bicyclic) bond motifs is 1. The number of halogens is 4. The molecule has 0 radical (unpaired) electrons. The van der Waals surface area contributed by atoms with Crippen molar-refractivity contribution in [2.45, 2.75) is 19.8 Å². The Hall–Kier alpha value is -3.72. The van der Waals surface area contributed by atoms with E-state index in [0.717, 1.165) is 42.7 Å². The molecular formula is C25H16F4N2. The van der Waals surface area contributed by atoms with E-state index in [1.165, 1.54) is 6.07 Å². The highest BCUT2D eigenvalue weighted by atomic mass is 19.2. The zero-order chi connectivity index (χ0) is 22.0. The molecule has 0 atom stereocenters. The van der Waals surface area contributed by atoms with Crippen LogP contribution < -0.4 is 0 Å². The van der Waals surface area contributed by atoms with Gasteiger partial charge in [0.05, 0.1) is 5.56 Å². The van der Waals surface area contributed by atoms with E-state index < -0.39 is 28.8 Å². The molecular weight excluding hydrogens is 404 g/mol. The van der Waals surface area contributed by atoms with Crippen LogP contribution >= 0.6 is 0 Å². The summed E-state index contributed by atoms with van der Waals surface area (Å²) in [6.45, 7) is 2.04. The summed E-state index contributed by atoms with van der Waals surface area (Å²) in [5.41, 5.74) is 1.19. The minimum atomic E-state index is -0.977. The Labute approximate surface area is 176 Å². The van der Waals surface area contributed by atoms with E-state index >= 15 is 0 Å². The molecule has 3 aromatic carbocycles. The molecule has 0 saturated carbocycles. The van der Waals surface area contributed by atoms with E-state index in [4.69, 9.17) is 0 Å². The third-order valence-corrected chi connectivity index (χ3v) is 4.76. The number of nitrogens with zero attached hydrogens (tertiary/aromatic N) is 2. The Morgan fingerprint density at radius 1 is 0.742 bits per heavy atom. The SMILES string of the molecule is CCCc1cnc(-c2cc(F)c(C#Cc3ccc4cc(F)c(F)cc4c3)c(F)c2)nc1. The Bertz CT molecular complexity index is 1310. The number of rotatable bonds is 3. The molecule has 0 aliphatic heterocycles. The topological polar surface area (TPSA) is 25.8 Å². The molecule has 0 saturated heterocycles. The van der Waals surface area contributed by atoms with Crippen LogP contribution in [0.1, 0.15) is 30.0 Å². The second kappa shape index (κ2) is 8.57. The van der Waals surface area contributed by atoms with Crippen LogP contribution in [0.15, 0.2) is 54.9 Å². The lowest BCUT2D eigenvalue weighted by molar-refractivity contribution is 0.511. The van der Waals surface area contributed by atoms with E-state index in [-0.39, 0.29) is 11.4 Å². The molecule has 0 N–H and O–H groups in total. The standard InChI is InChI=1S/C25H16F4N2/c1-2-3-16-13-30-25(31-14-16)19-11-21(26)20(22(27)12-19)7-5-15-4-6-17-9-23(28)24(29)10-18(17)8-15/h4,6,8-14H,2-3H2,1H3. The fraction of sp³-hybridized carbons (Fsp3) is 0.120. The molecule has 31 heavy (non-hydrogen) atoms. The number of benzene rings is 3. The number of hydrogen-bond acceptors (Lipinski definition) is 2. The van der Waals surface area contributed by atoms with Crippen molar-refractivity contribution in [3.8, 4) is 23.2 Å². The van der Waals surface area contributed by atoms with E-state index in [2.05, 4.69) is 21.8 Å². The Morgan fingerprint density at radius 2 is 1.39 bits per heavy atom. The van der Waals surface area contributed by atoms with Crippen LogP contribution in [0.3, 0.4) is 0 Å². The maximum Gasteiger partial charge on any atom is 0.159 e. The number of aryl methyl sites for hydroxylation is 1. The molecule has 2 nitrogen and oxygen atoms in total. The molecule has 0 spiro atoms. The maximum atomic E-state index is 14.6. The molecule has 154 valence electrons. The molecule has 1 heterocycles. The van der Waals surface area contributed by atoms with Crippen LogP contribution in [0.25, 0.3) is 22.2 Å². The van der Waals surface area contributed by atoms with Gasteiger partial charge < -0.3 is 0 Å². The van der Waals surface area contributed by atoms with Crippen LogP contribution in [0, 0.1) is 35.1 Å². The first-order chi connectivity index (χ1) is 14.9. The minimum Gasteiger partial charge on any atom is -0.236 e. The van der Waals surface area contributed by atoms with Crippen molar-refractivity contribution in [1.82, 2.24) is 9.97 Å². The molecule has 0 unspecified atom stereocenters. The van der Waals surface area contributed by atoms with Gasteiger partial charge in [-0.15, -0.1) is 0 Å². The van der Waals surface area contributed by atoms with Gasteiger partial charge in [0.2, 0.25) is 0 Å². The predicted molar refractivity (Wildman–Crippen MR) is 111 cm³/mol. The summed E-state index contributed by atoms with van der Waals surface area (Å²) >= 11 is 0. The van der Waals surface area contributed by atoms with Gasteiger partial charge in [-0.1, -0.05) is 31.3 Å². The highest BCUT2D eigenvalue weighted by Gasteiger charge is 2.12. The molecule has 0 aliphatic rings. The van der Waals surface area contributed by atoms with E-state index in [1.807, 2.05) is 6.92 Å². The van der Waals surface area contributed by atoms with E-state index in [9.17, 15) is 17.6 Å². The average molecular weight is 420 g/mol. The summed E-state index contributed by atoms with van der Waals surface area (Å²) in [6.07, 6.45) is 5.06. The molecule has 0 bridgehead atoms. The van der Waals surface area contributed by atoms with Crippen LogP contribution in [0.4, 0.5) is 17.6 Å². The minimum absolute atomic E-state index is 0.215. The average Bonchev–Trinajstić information content (AvgIpc) is 2.75. The van der Waals surface area contributed by atoms with Gasteiger partial charge in [0.1, 0.15) is 11.6 Å². The highest BCUT2D eigenvalue weighted by molar-refractivity contribution is 5.84. The Balaban J connectivity index is 1.65. The van der Waals surface area contributed by atoms with Crippen LogP contribution in [0.2, 0.25) is 0 Å². The van der Waals surface area contributed by atoms with Gasteiger partial charge in [0, 0.05) is 23.5 Å². The lowest BCUT2D eigenvalue weighted by atomic mass is 10.1. The fourth-order valence-corrected chi connectivity index (χ4v) is 3.20. The third kappa shape index (κ3) is 4.41. The van der Waals surface area contributed by atoms with E-state index in [0.29, 0.717) is 16.3 Å². The zero-order valence-corrected chi connectivity index (χ0v) is 16.5. The highest BCUT2D eigenvalue weighted by Crippen LogP contribution is 2.23. The largest absolute Gasteiger partial charge is 0.236 e. The molecule has 4 aromatic rings. The van der Waals surface area contributed by atoms with Crippen molar-refractivity contribution in [2.75, 3.05) is 0 Å². The summed E-state index contributed by atoms with van der Waals surface area (Å²) in [6, 6.07) is 9.08.